The third-order valence-electron chi connectivity index (χ3n) is 7.11. The zero-order chi connectivity index (χ0) is 32.2. The molecule has 2 fully saturated rings. The fourth-order valence-electron chi connectivity index (χ4n) is 5.10. The number of phosphoric ester groups is 1. The first-order chi connectivity index (χ1) is 21.4. The smallest absolute Gasteiger partial charge is 0.394 e. The van der Waals surface area contributed by atoms with Crippen LogP contribution in [0.25, 0.3) is 22.3 Å². The van der Waals surface area contributed by atoms with Crippen LogP contribution in [0.15, 0.2) is 23.6 Å². The quantitative estimate of drug-likeness (QED) is 0.0885. The highest BCUT2D eigenvalue weighted by Gasteiger charge is 2.53. The largest absolute Gasteiger partial charge is 0.695 e. The van der Waals surface area contributed by atoms with E-state index in [1.165, 1.54) is 17.1 Å². The average molecular weight is 674 g/mol. The molecule has 6 rings (SSSR count). The van der Waals surface area contributed by atoms with Gasteiger partial charge in [-0.3, -0.25) is 28.0 Å². The number of aliphatic hydroxyl groups excluding tert-OH is 3. The maximum atomic E-state index is 13.2. The van der Waals surface area contributed by atoms with E-state index in [2.05, 4.69) is 29.9 Å². The number of rotatable bonds is 10. The molecular formula is C21H26N9O13P2+. The monoisotopic (exact) mass is 674 g/mol. The SMILES string of the molecule is Cc1ncc2ncn([C@@H]3O[C@H](COP(=O)(O)O[C@@H]4[C@H](O)[C@@H](CO)O[C@H]4n4cnc5c(=O)[nH]c(N)nc54)[C@@H](O[P+](=O)O)[C@H]3O)c2n1. The van der Waals surface area contributed by atoms with Crippen LogP contribution in [0.5, 0.6) is 0 Å². The van der Waals surface area contributed by atoms with Gasteiger partial charge in [0.2, 0.25) is 5.95 Å². The number of nitrogens with zero attached hydrogens (tertiary/aromatic N) is 7. The second-order valence-electron chi connectivity index (χ2n) is 9.99. The van der Waals surface area contributed by atoms with Crippen LogP contribution in [0, 0.1) is 6.92 Å². The minimum atomic E-state index is -5.15. The van der Waals surface area contributed by atoms with Crippen molar-refractivity contribution in [1.82, 2.24) is 39.0 Å². The van der Waals surface area contributed by atoms with Crippen molar-refractivity contribution in [2.45, 2.75) is 56.0 Å². The summed E-state index contributed by atoms with van der Waals surface area (Å²) in [5, 5.41) is 31.4. The van der Waals surface area contributed by atoms with Gasteiger partial charge in [-0.1, -0.05) is 0 Å². The molecule has 2 saturated heterocycles. The number of anilines is 1. The normalized spacial score (nSPS) is 30.3. The number of hydrogen-bond donors (Lipinski definition) is 7. The number of nitrogen functional groups attached to an aromatic ring is 1. The molecule has 0 aromatic carbocycles. The van der Waals surface area contributed by atoms with Crippen molar-refractivity contribution in [3.8, 4) is 0 Å². The molecule has 4 aromatic rings. The van der Waals surface area contributed by atoms with E-state index in [4.69, 9.17) is 28.8 Å². The average Bonchev–Trinajstić information content (AvgIpc) is 3.72. The second kappa shape index (κ2) is 12.1. The fourth-order valence-corrected chi connectivity index (χ4v) is 6.50. The molecule has 0 bridgehead atoms. The predicted octanol–water partition coefficient (Wildman–Crippen LogP) is -2.10. The summed E-state index contributed by atoms with van der Waals surface area (Å²) in [7, 11) is -8.42. The molecule has 6 heterocycles. The molecule has 2 aliphatic heterocycles. The molecule has 8 N–H and O–H groups in total. The van der Waals surface area contributed by atoms with Gasteiger partial charge in [-0.2, -0.15) is 4.98 Å². The molecular weight excluding hydrogens is 648 g/mol. The number of aliphatic hydroxyl groups is 3. The molecule has 0 amide bonds. The van der Waals surface area contributed by atoms with Gasteiger partial charge in [-0.15, -0.1) is 9.42 Å². The summed E-state index contributed by atoms with van der Waals surface area (Å²) in [4.78, 5) is 54.9. The number of aryl methyl sites for hydroxylation is 1. The van der Waals surface area contributed by atoms with E-state index in [0.29, 0.717) is 11.3 Å². The maximum Gasteiger partial charge on any atom is 0.695 e. The molecule has 24 heteroatoms. The molecule has 0 aliphatic carbocycles. The molecule has 2 unspecified atom stereocenters. The van der Waals surface area contributed by atoms with Crippen molar-refractivity contribution in [2.24, 2.45) is 0 Å². The van der Waals surface area contributed by atoms with E-state index in [1.54, 1.807) is 6.92 Å². The zero-order valence-corrected chi connectivity index (χ0v) is 24.7. The Morgan fingerprint density at radius 2 is 1.78 bits per heavy atom. The lowest BCUT2D eigenvalue weighted by Gasteiger charge is -2.24. The van der Waals surface area contributed by atoms with Gasteiger partial charge in [-0.05, 0) is 6.92 Å². The number of aromatic amines is 1. The van der Waals surface area contributed by atoms with Gasteiger partial charge in [0.25, 0.3) is 5.56 Å². The summed E-state index contributed by atoms with van der Waals surface area (Å²) in [5.41, 5.74) is 5.29. The van der Waals surface area contributed by atoms with Crippen LogP contribution in [0.4, 0.5) is 5.95 Å². The lowest BCUT2D eigenvalue weighted by Crippen LogP contribution is -2.36. The summed E-state index contributed by atoms with van der Waals surface area (Å²) < 4.78 is 53.9. The van der Waals surface area contributed by atoms with Gasteiger partial charge in [0.05, 0.1) is 32.1 Å². The Morgan fingerprint density at radius 1 is 1.07 bits per heavy atom. The lowest BCUT2D eigenvalue weighted by molar-refractivity contribution is -0.0609. The Hall–Kier alpha value is -3.37. The van der Waals surface area contributed by atoms with Gasteiger partial charge in [0.1, 0.15) is 41.9 Å². The van der Waals surface area contributed by atoms with Gasteiger partial charge >= 0.3 is 16.1 Å². The molecule has 242 valence electrons. The Labute approximate surface area is 250 Å². The van der Waals surface area contributed by atoms with Crippen molar-refractivity contribution >= 4 is 44.4 Å². The number of H-pyrrole nitrogens is 1. The summed E-state index contributed by atoms with van der Waals surface area (Å²) in [5.74, 6) is 0.112. The Kier molecular flexibility index (Phi) is 8.50. The minimum absolute atomic E-state index is 0.112. The first-order valence-electron chi connectivity index (χ1n) is 13.0. The summed E-state index contributed by atoms with van der Waals surface area (Å²) in [6.07, 6.45) is -8.15. The van der Waals surface area contributed by atoms with E-state index in [0.717, 1.165) is 10.9 Å². The Balaban J connectivity index is 1.22. The third kappa shape index (κ3) is 5.99. The predicted molar refractivity (Wildman–Crippen MR) is 145 cm³/mol. The maximum absolute atomic E-state index is 13.2. The second-order valence-corrected chi connectivity index (χ2v) is 12.1. The molecule has 0 saturated carbocycles. The number of hydrogen-bond acceptors (Lipinski definition) is 17. The number of nitrogens with one attached hydrogen (secondary N) is 1. The molecule has 0 radical (unpaired) electrons. The highest BCUT2D eigenvalue weighted by Crippen LogP contribution is 2.50. The van der Waals surface area contributed by atoms with Crippen molar-refractivity contribution in [1.29, 1.82) is 0 Å². The van der Waals surface area contributed by atoms with Crippen LogP contribution in [-0.4, -0.2) is 114 Å². The van der Waals surface area contributed by atoms with E-state index >= 15 is 0 Å². The molecule has 45 heavy (non-hydrogen) atoms. The van der Waals surface area contributed by atoms with Crippen molar-refractivity contribution < 1.29 is 57.3 Å². The Morgan fingerprint density at radius 3 is 2.51 bits per heavy atom. The van der Waals surface area contributed by atoms with Gasteiger partial charge in [-0.25, -0.2) is 24.5 Å². The van der Waals surface area contributed by atoms with E-state index < -0.39 is 83.9 Å². The lowest BCUT2D eigenvalue weighted by atomic mass is 10.1. The van der Waals surface area contributed by atoms with E-state index in [-0.39, 0.29) is 22.8 Å². The van der Waals surface area contributed by atoms with Gasteiger partial charge in [0.15, 0.2) is 35.4 Å². The standard InChI is InChI=1S/C21H25N9O13P2/c1-7-23-2-8-16(26-7)29(5-24-8)19-13(33)14(42-44(35)36)10(41-19)4-39-45(37,38)43-15-12(32)9(3-31)40-20(15)30-6-25-11-17(30)27-21(22)28-18(11)34/h2,5-6,9-10,12-15,19-20,31-33H,3-4H2,1H3,(H4-,22,27,28,34,35,36,37,38)/p+1/t9-,10-,12-,13-,14-,15-,19-,20-/m1/s1. The topological polar surface area (TPSA) is 315 Å². The highest BCUT2D eigenvalue weighted by atomic mass is 31.2. The van der Waals surface area contributed by atoms with Crippen LogP contribution >= 0.6 is 16.1 Å². The van der Waals surface area contributed by atoms with Crippen molar-refractivity contribution in [2.75, 3.05) is 18.9 Å². The van der Waals surface area contributed by atoms with Gasteiger partial charge < -0.3 is 35.4 Å². The Bertz CT molecular complexity index is 1850. The van der Waals surface area contributed by atoms with Crippen LogP contribution in [0.1, 0.15) is 18.3 Å². The van der Waals surface area contributed by atoms with Crippen molar-refractivity contribution in [3.05, 3.63) is 35.0 Å². The van der Waals surface area contributed by atoms with Gasteiger partial charge in [0, 0.05) is 4.57 Å². The number of ether oxygens (including phenoxy) is 2. The van der Waals surface area contributed by atoms with E-state index in [9.17, 15) is 39.0 Å². The first-order valence-corrected chi connectivity index (χ1v) is 15.6. The first kappa shape index (κ1) is 31.6. The fraction of sp³-hybridized carbons (Fsp3) is 0.524. The summed E-state index contributed by atoms with van der Waals surface area (Å²) >= 11 is 0. The van der Waals surface area contributed by atoms with Crippen LogP contribution in [-0.2, 0) is 32.2 Å². The van der Waals surface area contributed by atoms with Crippen LogP contribution < -0.4 is 11.3 Å². The summed E-state index contributed by atoms with van der Waals surface area (Å²) in [6.45, 7) is 0.0773. The molecule has 0 spiro atoms. The summed E-state index contributed by atoms with van der Waals surface area (Å²) in [6, 6.07) is 0. The molecule has 4 aromatic heterocycles. The minimum Gasteiger partial charge on any atom is -0.394 e. The number of imidazole rings is 2. The molecule has 22 nitrogen and oxygen atoms in total. The number of fused-ring (bicyclic) bond motifs is 2. The molecule has 10 atom stereocenters. The molecule has 2 aliphatic rings. The van der Waals surface area contributed by atoms with Crippen LogP contribution in [0.3, 0.4) is 0 Å². The third-order valence-corrected chi connectivity index (χ3v) is 8.52. The van der Waals surface area contributed by atoms with E-state index in [1.807, 2.05) is 0 Å². The number of phosphoric acid groups is 1. The zero-order valence-electron chi connectivity index (χ0n) is 22.9. The number of aromatic nitrogens is 8. The van der Waals surface area contributed by atoms with Crippen molar-refractivity contribution in [3.63, 3.8) is 0 Å². The highest BCUT2D eigenvalue weighted by molar-refractivity contribution is 7.47. The number of nitrogens with two attached hydrogens (primary N) is 1. The van der Waals surface area contributed by atoms with Crippen LogP contribution in [0.2, 0.25) is 0 Å².